The van der Waals surface area contributed by atoms with Crippen LogP contribution in [0.1, 0.15) is 44.4 Å². The maximum atomic E-state index is 12.6. The fourth-order valence-electron chi connectivity index (χ4n) is 3.53. The summed E-state index contributed by atoms with van der Waals surface area (Å²) in [6.07, 6.45) is 4.50. The summed E-state index contributed by atoms with van der Waals surface area (Å²) in [6.45, 7) is 6.58. The van der Waals surface area contributed by atoms with Crippen molar-refractivity contribution in [2.24, 2.45) is 10.9 Å². The van der Waals surface area contributed by atoms with E-state index in [0.717, 1.165) is 51.7 Å². The maximum absolute atomic E-state index is 12.6. The highest BCUT2D eigenvalue weighted by Gasteiger charge is 2.26. The Morgan fingerprint density at radius 1 is 1.26 bits per heavy atom. The van der Waals surface area contributed by atoms with Crippen molar-refractivity contribution in [1.29, 1.82) is 0 Å². The molecule has 1 aromatic rings. The first-order valence-corrected chi connectivity index (χ1v) is 11.9. The van der Waals surface area contributed by atoms with Gasteiger partial charge in [0.2, 0.25) is 11.8 Å². The first-order valence-electron chi connectivity index (χ1n) is 11.0. The lowest BCUT2D eigenvalue weighted by Gasteiger charge is -2.35. The number of thiophene rings is 1. The van der Waals surface area contributed by atoms with Crippen molar-refractivity contribution in [3.63, 3.8) is 0 Å². The van der Waals surface area contributed by atoms with E-state index in [0.29, 0.717) is 5.96 Å². The fraction of sp³-hybridized carbons (Fsp3) is 0.682. The average Bonchev–Trinajstić information content (AvgIpc) is 3.26. The highest BCUT2D eigenvalue weighted by molar-refractivity contribution is 14.0. The van der Waals surface area contributed by atoms with Crippen molar-refractivity contribution < 1.29 is 9.59 Å². The number of carbonyl (C=O) groups is 2. The molecule has 0 spiro atoms. The summed E-state index contributed by atoms with van der Waals surface area (Å²) in [7, 11) is 3.48. The van der Waals surface area contributed by atoms with E-state index in [1.54, 1.807) is 30.3 Å². The average molecular weight is 564 g/mol. The quantitative estimate of drug-likeness (QED) is 0.275. The Hall–Kier alpha value is -1.36. The minimum absolute atomic E-state index is 0. The Labute approximate surface area is 208 Å². The molecular weight excluding hydrogens is 525 g/mol. The number of likely N-dealkylation sites (N-methyl/N-ethyl adjacent to an activating group) is 1. The molecule has 176 valence electrons. The number of amides is 2. The van der Waals surface area contributed by atoms with Crippen molar-refractivity contribution in [3.8, 4) is 0 Å². The fourth-order valence-corrected chi connectivity index (χ4v) is 4.24. The molecule has 9 heteroatoms. The predicted molar refractivity (Wildman–Crippen MR) is 139 cm³/mol. The normalized spacial score (nSPS) is 14.9. The van der Waals surface area contributed by atoms with E-state index < -0.39 is 0 Å². The van der Waals surface area contributed by atoms with Crippen molar-refractivity contribution in [2.75, 3.05) is 40.3 Å². The van der Waals surface area contributed by atoms with Crippen LogP contribution in [0.15, 0.2) is 22.5 Å². The molecule has 1 saturated heterocycles. The number of rotatable bonds is 9. The molecule has 2 rings (SSSR count). The second-order valence-electron chi connectivity index (χ2n) is 7.97. The van der Waals surface area contributed by atoms with E-state index in [9.17, 15) is 9.59 Å². The molecule has 0 radical (unpaired) electrons. The molecule has 0 bridgehead atoms. The van der Waals surface area contributed by atoms with Crippen molar-refractivity contribution in [1.82, 2.24) is 20.4 Å². The largest absolute Gasteiger partial charge is 0.356 e. The third-order valence-corrected chi connectivity index (χ3v) is 6.53. The minimum Gasteiger partial charge on any atom is -0.356 e. The molecule has 0 unspecified atom stereocenters. The number of guanidine groups is 1. The molecule has 0 saturated carbocycles. The molecule has 2 heterocycles. The van der Waals surface area contributed by atoms with Gasteiger partial charge in [-0.25, -0.2) is 4.99 Å². The Bertz CT molecular complexity index is 684. The van der Waals surface area contributed by atoms with Crippen LogP contribution in [-0.4, -0.2) is 73.9 Å². The zero-order valence-corrected chi connectivity index (χ0v) is 22.4. The van der Waals surface area contributed by atoms with Gasteiger partial charge in [0.05, 0.1) is 0 Å². The monoisotopic (exact) mass is 563 g/mol. The third kappa shape index (κ3) is 9.34. The molecule has 1 aliphatic heterocycles. The summed E-state index contributed by atoms with van der Waals surface area (Å²) in [5.74, 6) is 1.08. The van der Waals surface area contributed by atoms with E-state index in [1.807, 2.05) is 4.90 Å². The summed E-state index contributed by atoms with van der Waals surface area (Å²) in [4.78, 5) is 33.9. The molecule has 1 aromatic heterocycles. The van der Waals surface area contributed by atoms with E-state index in [-0.39, 0.29) is 54.3 Å². The first-order chi connectivity index (χ1) is 14.4. The highest BCUT2D eigenvalue weighted by Crippen LogP contribution is 2.17. The molecule has 1 fully saturated rings. The molecule has 7 nitrogen and oxygen atoms in total. The Kier molecular flexibility index (Phi) is 13.1. The lowest BCUT2D eigenvalue weighted by molar-refractivity contribution is -0.136. The summed E-state index contributed by atoms with van der Waals surface area (Å²) >= 11 is 1.74. The van der Waals surface area contributed by atoms with Crippen LogP contribution in [0.4, 0.5) is 0 Å². The number of nitrogens with one attached hydrogen (secondary N) is 2. The van der Waals surface area contributed by atoms with Gasteiger partial charge in [-0.3, -0.25) is 9.59 Å². The molecule has 2 amide bonds. The van der Waals surface area contributed by atoms with Gasteiger partial charge < -0.3 is 20.4 Å². The second-order valence-corrected chi connectivity index (χ2v) is 9.00. The van der Waals surface area contributed by atoms with Gasteiger partial charge in [0.15, 0.2) is 5.96 Å². The van der Waals surface area contributed by atoms with Gasteiger partial charge in [-0.05, 0) is 43.6 Å². The lowest BCUT2D eigenvalue weighted by atomic mass is 9.98. The number of hydrogen-bond acceptors (Lipinski definition) is 4. The zero-order valence-electron chi connectivity index (χ0n) is 19.2. The molecule has 31 heavy (non-hydrogen) atoms. The number of aliphatic imine (C=N–C) groups is 1. The number of nitrogens with zero attached hydrogens (tertiary/aromatic N) is 3. The standard InChI is InChI=1S/C22H37N5O2S.HI/c1-5-17(6-2)21(29)27-13-10-18(11-14-27)25-22(24-16-20(28)26(3)4)23-12-9-19-8-7-15-30-19;/h7-8,15,17-18H,5-6,9-14,16H2,1-4H3,(H2,23,24,25);1H. The van der Waals surface area contributed by atoms with Gasteiger partial charge in [0.1, 0.15) is 6.54 Å². The second kappa shape index (κ2) is 14.7. The zero-order chi connectivity index (χ0) is 21.9. The minimum atomic E-state index is -0.0278. The van der Waals surface area contributed by atoms with Crippen LogP contribution in [0.3, 0.4) is 0 Å². The third-order valence-electron chi connectivity index (χ3n) is 5.60. The van der Waals surface area contributed by atoms with Crippen LogP contribution >= 0.6 is 35.3 Å². The molecular formula is C22H38IN5O2S. The van der Waals surface area contributed by atoms with Gasteiger partial charge in [-0.2, -0.15) is 0 Å². The Balaban J connectivity index is 0.00000480. The summed E-state index contributed by atoms with van der Waals surface area (Å²) in [6, 6.07) is 4.43. The molecule has 0 aromatic carbocycles. The number of hydrogen-bond donors (Lipinski definition) is 2. The van der Waals surface area contributed by atoms with Crippen LogP contribution in [-0.2, 0) is 16.0 Å². The van der Waals surface area contributed by atoms with Gasteiger partial charge in [-0.15, -0.1) is 35.3 Å². The van der Waals surface area contributed by atoms with E-state index in [1.165, 1.54) is 4.88 Å². The highest BCUT2D eigenvalue weighted by atomic mass is 127. The summed E-state index contributed by atoms with van der Waals surface area (Å²) < 4.78 is 0. The van der Waals surface area contributed by atoms with Crippen LogP contribution in [0.5, 0.6) is 0 Å². The first kappa shape index (κ1) is 27.7. The van der Waals surface area contributed by atoms with Crippen molar-refractivity contribution in [3.05, 3.63) is 22.4 Å². The SMILES string of the molecule is CCC(CC)C(=O)N1CCC(NC(=NCC(=O)N(C)C)NCCc2cccs2)CC1.I. The Morgan fingerprint density at radius 2 is 1.94 bits per heavy atom. The van der Waals surface area contributed by atoms with Crippen molar-refractivity contribution in [2.45, 2.75) is 52.0 Å². The summed E-state index contributed by atoms with van der Waals surface area (Å²) in [5.41, 5.74) is 0. The lowest BCUT2D eigenvalue weighted by Crippen LogP contribution is -2.51. The van der Waals surface area contributed by atoms with Crippen LogP contribution in [0, 0.1) is 5.92 Å². The number of halogens is 1. The smallest absolute Gasteiger partial charge is 0.243 e. The van der Waals surface area contributed by atoms with E-state index in [2.05, 4.69) is 47.0 Å². The van der Waals surface area contributed by atoms with Crippen LogP contribution < -0.4 is 10.6 Å². The van der Waals surface area contributed by atoms with Gasteiger partial charge in [0, 0.05) is 50.6 Å². The maximum Gasteiger partial charge on any atom is 0.243 e. The summed E-state index contributed by atoms with van der Waals surface area (Å²) in [5, 5.41) is 8.92. The van der Waals surface area contributed by atoms with Gasteiger partial charge in [0.25, 0.3) is 0 Å². The predicted octanol–water partition coefficient (Wildman–Crippen LogP) is 2.96. The number of carbonyl (C=O) groups excluding carboxylic acids is 2. The molecule has 0 atom stereocenters. The van der Waals surface area contributed by atoms with Crippen LogP contribution in [0.2, 0.25) is 0 Å². The Morgan fingerprint density at radius 3 is 2.48 bits per heavy atom. The van der Waals surface area contributed by atoms with Crippen molar-refractivity contribution >= 4 is 53.1 Å². The molecule has 0 aliphatic carbocycles. The van der Waals surface area contributed by atoms with Crippen LogP contribution in [0.25, 0.3) is 0 Å². The molecule has 1 aliphatic rings. The topological polar surface area (TPSA) is 77.0 Å². The van der Waals surface area contributed by atoms with Gasteiger partial charge >= 0.3 is 0 Å². The van der Waals surface area contributed by atoms with E-state index >= 15 is 0 Å². The number of likely N-dealkylation sites (tertiary alicyclic amines) is 1. The van der Waals surface area contributed by atoms with E-state index in [4.69, 9.17) is 0 Å². The number of piperidine rings is 1. The van der Waals surface area contributed by atoms with Gasteiger partial charge in [-0.1, -0.05) is 19.9 Å². The molecule has 2 N–H and O–H groups in total.